The lowest BCUT2D eigenvalue weighted by molar-refractivity contribution is 0.858. The monoisotopic (exact) mass is 192 g/mol. The summed E-state index contributed by atoms with van der Waals surface area (Å²) in [5, 5.41) is 0. The minimum Gasteiger partial charge on any atom is -0.338 e. The van der Waals surface area contributed by atoms with E-state index in [-0.39, 0.29) is 0 Å². The summed E-state index contributed by atoms with van der Waals surface area (Å²) >= 11 is 0. The Kier molecular flexibility index (Phi) is 3.45. The van der Waals surface area contributed by atoms with Crippen LogP contribution in [0.15, 0.2) is 24.9 Å². The maximum atomic E-state index is 3.98. The first-order valence-electron chi connectivity index (χ1n) is 4.48. The van der Waals surface area contributed by atoms with Gasteiger partial charge in [-0.15, -0.1) is 0 Å². The topological polar surface area (TPSA) is 35.6 Å². The predicted octanol–water partition coefficient (Wildman–Crippen LogP) is 1.46. The van der Waals surface area contributed by atoms with Crippen LogP contribution in [0.2, 0.25) is 0 Å². The normalized spacial score (nSPS) is 9.43. The van der Waals surface area contributed by atoms with Crippen molar-refractivity contribution in [2.45, 2.75) is 13.8 Å². The summed E-state index contributed by atoms with van der Waals surface area (Å²) in [7, 11) is 3.95. The fourth-order valence-corrected chi connectivity index (χ4v) is 0.863. The van der Waals surface area contributed by atoms with E-state index in [9.17, 15) is 0 Å². The van der Waals surface area contributed by atoms with E-state index in [1.807, 2.05) is 49.5 Å². The van der Waals surface area contributed by atoms with Crippen LogP contribution in [0.1, 0.15) is 11.5 Å². The van der Waals surface area contributed by atoms with Crippen molar-refractivity contribution in [3.8, 4) is 0 Å². The quantitative estimate of drug-likeness (QED) is 0.633. The van der Waals surface area contributed by atoms with Crippen molar-refractivity contribution in [3.05, 3.63) is 36.4 Å². The van der Waals surface area contributed by atoms with E-state index >= 15 is 0 Å². The van der Waals surface area contributed by atoms with Gasteiger partial charge in [-0.3, -0.25) is 0 Å². The number of hydrogen-bond donors (Lipinski definition) is 0. The average molecular weight is 192 g/mol. The highest BCUT2D eigenvalue weighted by atomic mass is 15.0. The van der Waals surface area contributed by atoms with Crippen molar-refractivity contribution in [2.24, 2.45) is 14.1 Å². The Morgan fingerprint density at radius 2 is 1.86 bits per heavy atom. The Hall–Kier alpha value is -1.58. The van der Waals surface area contributed by atoms with E-state index in [1.54, 1.807) is 12.5 Å². The second-order valence-electron chi connectivity index (χ2n) is 3.23. The molecule has 4 heteroatoms. The van der Waals surface area contributed by atoms with Crippen molar-refractivity contribution in [3.63, 3.8) is 0 Å². The summed E-state index contributed by atoms with van der Waals surface area (Å²) in [6.45, 7) is 3.99. The Balaban J connectivity index is 0.000000140. The third kappa shape index (κ3) is 2.73. The smallest absolute Gasteiger partial charge is 0.105 e. The maximum absolute atomic E-state index is 3.98. The predicted molar refractivity (Wildman–Crippen MR) is 55.9 cm³/mol. The van der Waals surface area contributed by atoms with Gasteiger partial charge in [0.2, 0.25) is 0 Å². The zero-order chi connectivity index (χ0) is 10.6. The van der Waals surface area contributed by atoms with Gasteiger partial charge in [0.1, 0.15) is 5.82 Å². The van der Waals surface area contributed by atoms with Gasteiger partial charge in [-0.05, 0) is 13.8 Å². The Morgan fingerprint density at radius 3 is 2.00 bits per heavy atom. The molecule has 2 heterocycles. The van der Waals surface area contributed by atoms with Crippen LogP contribution in [0.4, 0.5) is 0 Å². The van der Waals surface area contributed by atoms with Gasteiger partial charge < -0.3 is 9.13 Å². The number of imidazole rings is 2. The molecular formula is C10H16N4. The van der Waals surface area contributed by atoms with Crippen LogP contribution >= 0.6 is 0 Å². The fourth-order valence-electron chi connectivity index (χ4n) is 0.863. The summed E-state index contributed by atoms with van der Waals surface area (Å²) in [5.41, 5.74) is 1.19. The van der Waals surface area contributed by atoms with Gasteiger partial charge in [-0.25, -0.2) is 9.97 Å². The van der Waals surface area contributed by atoms with Crippen LogP contribution in [0.25, 0.3) is 0 Å². The molecule has 0 unspecified atom stereocenters. The fraction of sp³-hybridized carbons (Fsp3) is 0.400. The highest BCUT2D eigenvalue weighted by molar-refractivity contribution is 4.91. The molecule has 0 spiro atoms. The Bertz CT molecular complexity index is 315. The molecule has 0 N–H and O–H groups in total. The summed E-state index contributed by atoms with van der Waals surface area (Å²) in [5.74, 6) is 1.06. The Labute approximate surface area is 84.2 Å². The molecule has 14 heavy (non-hydrogen) atoms. The molecule has 0 saturated heterocycles. The van der Waals surface area contributed by atoms with Gasteiger partial charge in [0.15, 0.2) is 0 Å². The Morgan fingerprint density at radius 1 is 1.14 bits per heavy atom. The van der Waals surface area contributed by atoms with Crippen LogP contribution in [-0.2, 0) is 14.1 Å². The number of nitrogens with zero attached hydrogens (tertiary/aromatic N) is 4. The van der Waals surface area contributed by atoms with Crippen molar-refractivity contribution in [1.29, 1.82) is 0 Å². The van der Waals surface area contributed by atoms with E-state index in [4.69, 9.17) is 0 Å². The molecule has 0 aliphatic rings. The van der Waals surface area contributed by atoms with Gasteiger partial charge in [-0.2, -0.15) is 0 Å². The third-order valence-electron chi connectivity index (χ3n) is 2.12. The molecule has 2 aromatic rings. The van der Waals surface area contributed by atoms with Gasteiger partial charge in [0.05, 0.1) is 6.33 Å². The summed E-state index contributed by atoms with van der Waals surface area (Å²) in [4.78, 5) is 7.86. The minimum absolute atomic E-state index is 1.06. The van der Waals surface area contributed by atoms with Gasteiger partial charge in [0.25, 0.3) is 0 Å². The van der Waals surface area contributed by atoms with Crippen molar-refractivity contribution >= 4 is 0 Å². The second-order valence-corrected chi connectivity index (χ2v) is 3.23. The van der Waals surface area contributed by atoms with Crippen LogP contribution in [-0.4, -0.2) is 19.1 Å². The van der Waals surface area contributed by atoms with Gasteiger partial charge >= 0.3 is 0 Å². The molecule has 0 amide bonds. The molecule has 0 saturated carbocycles. The lowest BCUT2D eigenvalue weighted by Crippen LogP contribution is -1.86. The van der Waals surface area contributed by atoms with E-state index in [0.717, 1.165) is 5.82 Å². The van der Waals surface area contributed by atoms with E-state index in [0.29, 0.717) is 0 Å². The maximum Gasteiger partial charge on any atom is 0.105 e. The lowest BCUT2D eigenvalue weighted by Gasteiger charge is -1.87. The van der Waals surface area contributed by atoms with Crippen molar-refractivity contribution in [2.75, 3.05) is 0 Å². The molecule has 0 bridgehead atoms. The molecule has 0 aromatic carbocycles. The van der Waals surface area contributed by atoms with Crippen LogP contribution in [0, 0.1) is 13.8 Å². The molecule has 0 aliphatic heterocycles. The van der Waals surface area contributed by atoms with E-state index in [2.05, 4.69) is 9.97 Å². The first kappa shape index (κ1) is 10.5. The standard InChI is InChI=1S/2C5H8N2/c1-5-3-6-4-7(5)2;1-5-6-3-4-7(5)2/h2*3-4H,1-2H3. The molecule has 0 radical (unpaired) electrons. The molecule has 76 valence electrons. The average Bonchev–Trinajstić information content (AvgIpc) is 2.67. The molecule has 0 fully saturated rings. The van der Waals surface area contributed by atoms with Crippen LogP contribution in [0.5, 0.6) is 0 Å². The largest absolute Gasteiger partial charge is 0.338 e. The number of aromatic nitrogens is 4. The van der Waals surface area contributed by atoms with Crippen LogP contribution in [0.3, 0.4) is 0 Å². The zero-order valence-electron chi connectivity index (χ0n) is 9.10. The van der Waals surface area contributed by atoms with Gasteiger partial charge in [-0.1, -0.05) is 0 Å². The second kappa shape index (κ2) is 4.60. The molecule has 2 aromatic heterocycles. The first-order valence-corrected chi connectivity index (χ1v) is 4.48. The summed E-state index contributed by atoms with van der Waals surface area (Å²) in [6.07, 6.45) is 7.33. The van der Waals surface area contributed by atoms with Crippen molar-refractivity contribution < 1.29 is 0 Å². The lowest BCUT2D eigenvalue weighted by atomic mass is 10.5. The highest BCUT2D eigenvalue weighted by Crippen LogP contribution is 1.89. The zero-order valence-corrected chi connectivity index (χ0v) is 9.10. The molecule has 0 atom stereocenters. The number of hydrogen-bond acceptors (Lipinski definition) is 2. The third-order valence-corrected chi connectivity index (χ3v) is 2.12. The summed E-state index contributed by atoms with van der Waals surface area (Å²) in [6, 6.07) is 0. The minimum atomic E-state index is 1.06. The van der Waals surface area contributed by atoms with E-state index in [1.165, 1.54) is 5.69 Å². The van der Waals surface area contributed by atoms with E-state index < -0.39 is 0 Å². The first-order chi connectivity index (χ1) is 6.61. The SMILES string of the molecule is Cc1cncn1C.Cc1nccn1C. The van der Waals surface area contributed by atoms with Crippen LogP contribution < -0.4 is 0 Å². The highest BCUT2D eigenvalue weighted by Gasteiger charge is 1.84. The number of rotatable bonds is 0. The molecular weight excluding hydrogens is 176 g/mol. The molecule has 0 aliphatic carbocycles. The van der Waals surface area contributed by atoms with Crippen molar-refractivity contribution in [1.82, 2.24) is 19.1 Å². The molecule has 2 rings (SSSR count). The summed E-state index contributed by atoms with van der Waals surface area (Å²) < 4.78 is 3.94. The number of aryl methyl sites for hydroxylation is 4. The molecule has 4 nitrogen and oxygen atoms in total. The van der Waals surface area contributed by atoms with Gasteiger partial charge in [0, 0.05) is 38.4 Å².